The number of benzene rings is 2. The Morgan fingerprint density at radius 1 is 0.964 bits per heavy atom. The Balaban J connectivity index is 2.23. The van der Waals surface area contributed by atoms with Crippen LogP contribution in [0.15, 0.2) is 46.2 Å². The predicted molar refractivity (Wildman–Crippen MR) is 114 cm³/mol. The van der Waals surface area contributed by atoms with E-state index in [-0.39, 0.29) is 19.8 Å². The van der Waals surface area contributed by atoms with E-state index in [1.807, 2.05) is 0 Å². The average molecular weight is 445 g/mol. The number of halogens is 2. The van der Waals surface area contributed by atoms with Gasteiger partial charge in [-0.15, -0.1) is 0 Å². The molecular formula is C21H26Cl2O4S. The molecule has 154 valence electrons. The van der Waals surface area contributed by atoms with Gasteiger partial charge in [-0.2, -0.15) is 0 Å². The van der Waals surface area contributed by atoms with Crippen LogP contribution in [0.4, 0.5) is 0 Å². The number of rotatable bonds is 10. The smallest absolute Gasteiger partial charge is 0.206 e. The molecule has 2 aromatic carbocycles. The second kappa shape index (κ2) is 10.4. The molecule has 0 radical (unpaired) electrons. The molecule has 2 aromatic rings. The van der Waals surface area contributed by atoms with Crippen LogP contribution in [0.2, 0.25) is 10.0 Å². The molecule has 0 saturated carbocycles. The highest BCUT2D eigenvalue weighted by Crippen LogP contribution is 2.37. The van der Waals surface area contributed by atoms with Gasteiger partial charge in [-0.05, 0) is 48.7 Å². The van der Waals surface area contributed by atoms with E-state index in [0.29, 0.717) is 30.6 Å². The van der Waals surface area contributed by atoms with Crippen LogP contribution in [-0.4, -0.2) is 21.6 Å². The summed E-state index contributed by atoms with van der Waals surface area (Å²) < 4.78 is 37.1. The summed E-state index contributed by atoms with van der Waals surface area (Å²) in [6.07, 6.45) is 2.94. The van der Waals surface area contributed by atoms with Crippen molar-refractivity contribution in [2.24, 2.45) is 5.92 Å². The maximum Gasteiger partial charge on any atom is 0.206 e. The maximum absolute atomic E-state index is 12.9. The lowest BCUT2D eigenvalue weighted by molar-refractivity contribution is 0.257. The van der Waals surface area contributed by atoms with Crippen molar-refractivity contribution in [1.29, 1.82) is 0 Å². The van der Waals surface area contributed by atoms with Crippen LogP contribution < -0.4 is 9.47 Å². The van der Waals surface area contributed by atoms with Gasteiger partial charge in [0.1, 0.15) is 5.75 Å². The highest BCUT2D eigenvalue weighted by atomic mass is 35.5. The quantitative estimate of drug-likeness (QED) is 0.396. The molecule has 0 N–H and O–H groups in total. The van der Waals surface area contributed by atoms with E-state index in [4.69, 9.17) is 32.7 Å². The number of hydrogen-bond donors (Lipinski definition) is 0. The zero-order valence-electron chi connectivity index (χ0n) is 16.4. The van der Waals surface area contributed by atoms with Gasteiger partial charge in [-0.1, -0.05) is 56.8 Å². The van der Waals surface area contributed by atoms with E-state index >= 15 is 0 Å². The van der Waals surface area contributed by atoms with Gasteiger partial charge >= 0.3 is 0 Å². The van der Waals surface area contributed by atoms with Crippen LogP contribution >= 0.6 is 23.2 Å². The summed E-state index contributed by atoms with van der Waals surface area (Å²) in [6, 6.07) is 9.09. The van der Waals surface area contributed by atoms with E-state index < -0.39 is 9.84 Å². The first kappa shape index (κ1) is 22.9. The summed E-state index contributed by atoms with van der Waals surface area (Å²) in [7, 11) is -3.76. The van der Waals surface area contributed by atoms with Crippen LogP contribution in [0.25, 0.3) is 0 Å². The molecule has 2 rings (SSSR count). The summed E-state index contributed by atoms with van der Waals surface area (Å²) >= 11 is 12.5. The van der Waals surface area contributed by atoms with Gasteiger partial charge in [-0.25, -0.2) is 8.42 Å². The maximum atomic E-state index is 12.9. The molecule has 0 unspecified atom stereocenters. The van der Waals surface area contributed by atoms with Crippen LogP contribution in [0.5, 0.6) is 11.5 Å². The van der Waals surface area contributed by atoms with Crippen molar-refractivity contribution < 1.29 is 17.9 Å². The summed E-state index contributed by atoms with van der Waals surface area (Å²) in [4.78, 5) is 0.175. The van der Waals surface area contributed by atoms with Gasteiger partial charge in [-0.3, -0.25) is 0 Å². The van der Waals surface area contributed by atoms with Crippen LogP contribution in [0.3, 0.4) is 0 Å². The molecule has 0 saturated heterocycles. The lowest BCUT2D eigenvalue weighted by Gasteiger charge is -2.15. The fourth-order valence-corrected chi connectivity index (χ4v) is 4.40. The van der Waals surface area contributed by atoms with E-state index in [1.165, 1.54) is 24.3 Å². The molecule has 0 aliphatic heterocycles. The SMILES string of the molecule is CCCCOc1ccc(S(=O)(=O)c2cc(Cl)c(OC[C@@H](C)CC)c(Cl)c2)cc1. The molecule has 0 heterocycles. The van der Waals surface area contributed by atoms with Gasteiger partial charge in [0.15, 0.2) is 5.75 Å². The van der Waals surface area contributed by atoms with Gasteiger partial charge in [0.2, 0.25) is 9.84 Å². The Morgan fingerprint density at radius 2 is 1.57 bits per heavy atom. The van der Waals surface area contributed by atoms with Crippen molar-refractivity contribution in [2.75, 3.05) is 13.2 Å². The second-order valence-corrected chi connectivity index (χ2v) is 9.48. The molecular weight excluding hydrogens is 419 g/mol. The number of sulfone groups is 1. The third-order valence-electron chi connectivity index (χ3n) is 4.39. The van der Waals surface area contributed by atoms with Crippen molar-refractivity contribution >= 4 is 33.0 Å². The van der Waals surface area contributed by atoms with Gasteiger partial charge in [0, 0.05) is 0 Å². The largest absolute Gasteiger partial charge is 0.494 e. The lowest BCUT2D eigenvalue weighted by Crippen LogP contribution is -2.08. The summed E-state index contributed by atoms with van der Waals surface area (Å²) in [5, 5.41) is 0.350. The van der Waals surface area contributed by atoms with Gasteiger partial charge in [0.25, 0.3) is 0 Å². The minimum Gasteiger partial charge on any atom is -0.494 e. The zero-order chi connectivity index (χ0) is 20.7. The standard InChI is InChI=1S/C21H26Cl2O4S/c1-4-6-11-26-16-7-9-17(10-8-16)28(24,25)18-12-19(22)21(20(23)13-18)27-14-15(3)5-2/h7-10,12-13,15H,4-6,11,14H2,1-3H3/t15-/m0/s1. The van der Waals surface area contributed by atoms with Crippen LogP contribution in [0.1, 0.15) is 40.0 Å². The first-order valence-electron chi connectivity index (χ1n) is 9.39. The molecule has 0 fully saturated rings. The Hall–Kier alpha value is -1.43. The summed E-state index contributed by atoms with van der Waals surface area (Å²) in [5.41, 5.74) is 0. The highest BCUT2D eigenvalue weighted by Gasteiger charge is 2.22. The third kappa shape index (κ3) is 5.79. The average Bonchev–Trinajstić information content (AvgIpc) is 2.67. The second-order valence-electron chi connectivity index (χ2n) is 6.72. The van der Waals surface area contributed by atoms with E-state index in [1.54, 1.807) is 12.1 Å². The Labute approximate surface area is 177 Å². The van der Waals surface area contributed by atoms with Crippen molar-refractivity contribution in [3.63, 3.8) is 0 Å². The monoisotopic (exact) mass is 444 g/mol. The molecule has 0 spiro atoms. The zero-order valence-corrected chi connectivity index (χ0v) is 18.7. The normalized spacial score (nSPS) is 12.6. The number of ether oxygens (including phenoxy) is 2. The third-order valence-corrected chi connectivity index (χ3v) is 6.70. The predicted octanol–water partition coefficient (Wildman–Crippen LogP) is 6.43. The highest BCUT2D eigenvalue weighted by molar-refractivity contribution is 7.91. The number of unbranched alkanes of at least 4 members (excludes halogenated alkanes) is 1. The van der Waals surface area contributed by atoms with Gasteiger partial charge in [0.05, 0.1) is 33.0 Å². The van der Waals surface area contributed by atoms with Gasteiger partial charge < -0.3 is 9.47 Å². The fourth-order valence-electron chi connectivity index (χ4n) is 2.36. The summed E-state index contributed by atoms with van der Waals surface area (Å²) in [6.45, 7) is 7.26. The fraction of sp³-hybridized carbons (Fsp3) is 0.429. The number of hydrogen-bond acceptors (Lipinski definition) is 4. The van der Waals surface area contributed by atoms with E-state index in [9.17, 15) is 8.42 Å². The summed E-state index contributed by atoms with van der Waals surface area (Å²) in [5.74, 6) is 1.29. The lowest BCUT2D eigenvalue weighted by atomic mass is 10.1. The van der Waals surface area contributed by atoms with Crippen LogP contribution in [-0.2, 0) is 9.84 Å². The Morgan fingerprint density at radius 3 is 2.11 bits per heavy atom. The first-order chi connectivity index (χ1) is 13.3. The molecule has 1 atom stereocenters. The molecule has 0 aliphatic rings. The molecule has 4 nitrogen and oxygen atoms in total. The van der Waals surface area contributed by atoms with Crippen molar-refractivity contribution in [2.45, 2.75) is 49.8 Å². The molecule has 0 aliphatic carbocycles. The molecule has 7 heteroatoms. The Bertz CT molecular complexity index is 857. The molecule has 0 bridgehead atoms. The topological polar surface area (TPSA) is 52.6 Å². The van der Waals surface area contributed by atoms with E-state index in [0.717, 1.165) is 19.3 Å². The molecule has 0 aromatic heterocycles. The van der Waals surface area contributed by atoms with Crippen LogP contribution in [0, 0.1) is 5.92 Å². The van der Waals surface area contributed by atoms with Crippen molar-refractivity contribution in [1.82, 2.24) is 0 Å². The van der Waals surface area contributed by atoms with Crippen molar-refractivity contribution in [3.8, 4) is 11.5 Å². The Kier molecular flexibility index (Phi) is 8.47. The first-order valence-corrected chi connectivity index (χ1v) is 11.6. The minimum atomic E-state index is -3.76. The molecule has 0 amide bonds. The van der Waals surface area contributed by atoms with E-state index in [2.05, 4.69) is 20.8 Å². The van der Waals surface area contributed by atoms with Crippen molar-refractivity contribution in [3.05, 3.63) is 46.4 Å². The minimum absolute atomic E-state index is 0.0260. The molecule has 28 heavy (non-hydrogen) atoms.